The van der Waals surface area contributed by atoms with Crippen molar-refractivity contribution >= 4 is 23.1 Å². The van der Waals surface area contributed by atoms with E-state index in [1.807, 2.05) is 31.2 Å². The molecule has 6 nitrogen and oxygen atoms in total. The number of aliphatic hydroxyl groups is 1. The molecule has 1 atom stereocenters. The number of aryl methyl sites for hydroxylation is 1. The summed E-state index contributed by atoms with van der Waals surface area (Å²) < 4.78 is 5.83. The third-order valence-corrected chi connectivity index (χ3v) is 6.01. The van der Waals surface area contributed by atoms with Gasteiger partial charge in [0.05, 0.1) is 5.57 Å². The molecular formula is C25H30N2O4. The zero-order chi connectivity index (χ0) is 22.3. The minimum atomic E-state index is -0.797. The number of Topliss-reactive ketones (excluding diaryl/α,β-unsaturated/α-hetero) is 1. The highest BCUT2D eigenvalue weighted by atomic mass is 16.3. The monoisotopic (exact) mass is 422 g/mol. The SMILES string of the molecule is Cc1ccc(C2C(C(=O)C(C)(C)C)=C(O)C(=O)N2c2ccc(N3CCCCC3)cc2)o1. The van der Waals surface area contributed by atoms with Crippen molar-refractivity contribution in [3.63, 3.8) is 0 Å². The van der Waals surface area contributed by atoms with Gasteiger partial charge in [0.25, 0.3) is 5.91 Å². The van der Waals surface area contributed by atoms with Crippen LogP contribution in [-0.4, -0.2) is 29.9 Å². The third kappa shape index (κ3) is 3.87. The minimum Gasteiger partial charge on any atom is -0.503 e. The number of carbonyl (C=O) groups is 2. The van der Waals surface area contributed by atoms with Crippen LogP contribution < -0.4 is 9.80 Å². The highest BCUT2D eigenvalue weighted by Gasteiger charge is 2.48. The Morgan fingerprint density at radius 1 is 1.00 bits per heavy atom. The Balaban J connectivity index is 1.74. The quantitative estimate of drug-likeness (QED) is 0.743. The average Bonchev–Trinajstić information content (AvgIpc) is 3.29. The fourth-order valence-electron chi connectivity index (χ4n) is 4.35. The Labute approximate surface area is 183 Å². The van der Waals surface area contributed by atoms with Gasteiger partial charge in [-0.2, -0.15) is 0 Å². The average molecular weight is 423 g/mol. The van der Waals surface area contributed by atoms with Crippen LogP contribution in [0.5, 0.6) is 0 Å². The molecule has 4 rings (SSSR count). The molecule has 1 unspecified atom stereocenters. The number of nitrogens with zero attached hydrogens (tertiary/aromatic N) is 2. The number of benzene rings is 1. The van der Waals surface area contributed by atoms with E-state index in [0.717, 1.165) is 18.8 Å². The summed E-state index contributed by atoms with van der Waals surface area (Å²) in [6.45, 7) is 9.21. The van der Waals surface area contributed by atoms with Crippen LogP contribution in [0.1, 0.15) is 57.6 Å². The molecule has 3 heterocycles. The number of anilines is 2. The largest absolute Gasteiger partial charge is 0.503 e. The summed E-state index contributed by atoms with van der Waals surface area (Å²) in [5, 5.41) is 10.7. The van der Waals surface area contributed by atoms with Crippen LogP contribution in [0.3, 0.4) is 0 Å². The van der Waals surface area contributed by atoms with Crippen molar-refractivity contribution in [2.75, 3.05) is 22.9 Å². The zero-order valence-corrected chi connectivity index (χ0v) is 18.6. The second kappa shape index (κ2) is 7.91. The summed E-state index contributed by atoms with van der Waals surface area (Å²) >= 11 is 0. The molecule has 0 bridgehead atoms. The van der Waals surface area contributed by atoms with Gasteiger partial charge in [-0.05, 0) is 62.6 Å². The first-order valence-corrected chi connectivity index (χ1v) is 10.9. The molecule has 1 aromatic carbocycles. The number of ketones is 1. The van der Waals surface area contributed by atoms with Crippen molar-refractivity contribution in [1.29, 1.82) is 0 Å². The Kier molecular flexibility index (Phi) is 5.42. The fourth-order valence-corrected chi connectivity index (χ4v) is 4.35. The van der Waals surface area contributed by atoms with Gasteiger partial charge in [0, 0.05) is 29.9 Å². The molecule has 0 spiro atoms. The van der Waals surface area contributed by atoms with Gasteiger partial charge < -0.3 is 14.4 Å². The molecule has 2 aliphatic rings. The van der Waals surface area contributed by atoms with Crippen molar-refractivity contribution in [3.05, 3.63) is 59.3 Å². The van der Waals surface area contributed by atoms with E-state index >= 15 is 0 Å². The fraction of sp³-hybridized carbons (Fsp3) is 0.440. The Bertz CT molecular complexity index is 1020. The van der Waals surface area contributed by atoms with E-state index in [-0.39, 0.29) is 11.4 Å². The number of carbonyl (C=O) groups excluding carboxylic acids is 2. The Hall–Kier alpha value is -3.02. The van der Waals surface area contributed by atoms with Gasteiger partial charge in [-0.25, -0.2) is 0 Å². The second-order valence-electron chi connectivity index (χ2n) is 9.43. The molecule has 2 aromatic rings. The summed E-state index contributed by atoms with van der Waals surface area (Å²) in [7, 11) is 0. The van der Waals surface area contributed by atoms with Crippen molar-refractivity contribution in [3.8, 4) is 0 Å². The number of aliphatic hydroxyl groups excluding tert-OH is 1. The summed E-state index contributed by atoms with van der Waals surface area (Å²) in [5.41, 5.74) is 1.07. The lowest BCUT2D eigenvalue weighted by Crippen LogP contribution is -2.33. The lowest BCUT2D eigenvalue weighted by molar-refractivity contribution is -0.123. The first kappa shape index (κ1) is 21.2. The van der Waals surface area contributed by atoms with Crippen LogP contribution in [0.25, 0.3) is 0 Å². The van der Waals surface area contributed by atoms with Crippen LogP contribution >= 0.6 is 0 Å². The minimum absolute atomic E-state index is 0.0898. The van der Waals surface area contributed by atoms with Crippen molar-refractivity contribution in [2.45, 2.75) is 53.0 Å². The predicted octanol–water partition coefficient (Wildman–Crippen LogP) is 5.09. The van der Waals surface area contributed by atoms with Crippen LogP contribution in [0.2, 0.25) is 0 Å². The zero-order valence-electron chi connectivity index (χ0n) is 18.6. The Morgan fingerprint density at radius 2 is 1.61 bits per heavy atom. The van der Waals surface area contributed by atoms with Crippen molar-refractivity contribution < 1.29 is 19.1 Å². The van der Waals surface area contributed by atoms with Crippen LogP contribution in [-0.2, 0) is 9.59 Å². The number of hydrogen-bond donors (Lipinski definition) is 1. The molecule has 0 saturated carbocycles. The van der Waals surface area contributed by atoms with Crippen molar-refractivity contribution in [1.82, 2.24) is 0 Å². The maximum atomic E-state index is 13.2. The highest BCUT2D eigenvalue weighted by Crippen LogP contribution is 2.44. The molecule has 1 amide bonds. The number of hydrogen-bond acceptors (Lipinski definition) is 5. The van der Waals surface area contributed by atoms with E-state index in [2.05, 4.69) is 4.90 Å². The summed E-state index contributed by atoms with van der Waals surface area (Å²) in [4.78, 5) is 30.2. The lowest BCUT2D eigenvalue weighted by Gasteiger charge is -2.30. The van der Waals surface area contributed by atoms with Crippen LogP contribution in [0.15, 0.2) is 52.1 Å². The van der Waals surface area contributed by atoms with E-state index in [9.17, 15) is 14.7 Å². The summed E-state index contributed by atoms with van der Waals surface area (Å²) in [6.07, 6.45) is 3.63. The molecule has 1 N–H and O–H groups in total. The molecule has 1 saturated heterocycles. The molecule has 6 heteroatoms. The number of amides is 1. The van der Waals surface area contributed by atoms with E-state index in [4.69, 9.17) is 4.42 Å². The maximum absolute atomic E-state index is 13.2. The van der Waals surface area contributed by atoms with E-state index in [1.54, 1.807) is 32.9 Å². The molecule has 164 valence electrons. The van der Waals surface area contributed by atoms with E-state index in [1.165, 1.54) is 24.2 Å². The molecule has 0 radical (unpaired) electrons. The van der Waals surface area contributed by atoms with Gasteiger partial charge in [-0.1, -0.05) is 20.8 Å². The van der Waals surface area contributed by atoms with Gasteiger partial charge >= 0.3 is 0 Å². The van der Waals surface area contributed by atoms with Gasteiger partial charge in [-0.3, -0.25) is 14.5 Å². The van der Waals surface area contributed by atoms with Gasteiger partial charge in [0.15, 0.2) is 11.5 Å². The number of piperidine rings is 1. The molecule has 31 heavy (non-hydrogen) atoms. The van der Waals surface area contributed by atoms with Gasteiger partial charge in [0.2, 0.25) is 0 Å². The van der Waals surface area contributed by atoms with Crippen LogP contribution in [0.4, 0.5) is 11.4 Å². The lowest BCUT2D eigenvalue weighted by atomic mass is 9.83. The van der Waals surface area contributed by atoms with Crippen molar-refractivity contribution in [2.24, 2.45) is 5.41 Å². The maximum Gasteiger partial charge on any atom is 0.294 e. The van der Waals surface area contributed by atoms with Crippen LogP contribution in [0, 0.1) is 12.3 Å². The number of rotatable bonds is 4. The third-order valence-electron chi connectivity index (χ3n) is 6.01. The van der Waals surface area contributed by atoms with Gasteiger partial charge in [0.1, 0.15) is 17.6 Å². The first-order chi connectivity index (χ1) is 14.7. The normalized spacial score (nSPS) is 20.0. The highest BCUT2D eigenvalue weighted by molar-refractivity contribution is 6.17. The van der Waals surface area contributed by atoms with E-state index in [0.29, 0.717) is 17.2 Å². The number of furan rings is 1. The second-order valence-corrected chi connectivity index (χ2v) is 9.43. The molecule has 0 aliphatic carbocycles. The Morgan fingerprint density at radius 3 is 2.16 bits per heavy atom. The molecule has 2 aliphatic heterocycles. The smallest absolute Gasteiger partial charge is 0.294 e. The topological polar surface area (TPSA) is 74.0 Å². The molecule has 1 aromatic heterocycles. The van der Waals surface area contributed by atoms with Gasteiger partial charge in [-0.15, -0.1) is 0 Å². The first-order valence-electron chi connectivity index (χ1n) is 10.9. The molecule has 1 fully saturated rings. The summed E-state index contributed by atoms with van der Waals surface area (Å²) in [6, 6.07) is 10.5. The van der Waals surface area contributed by atoms with E-state index < -0.39 is 23.1 Å². The summed E-state index contributed by atoms with van der Waals surface area (Å²) in [5.74, 6) is -0.222. The standard InChI is InChI=1S/C25H30N2O4/c1-16-8-13-19(31-16)21-20(23(29)25(2,3)4)22(28)24(30)27(21)18-11-9-17(10-12-18)26-14-6-5-7-15-26/h8-13,21,28H,5-7,14-15H2,1-4H3. The predicted molar refractivity (Wildman–Crippen MR) is 120 cm³/mol. The molecular weight excluding hydrogens is 392 g/mol.